The van der Waals surface area contributed by atoms with E-state index < -0.39 is 0 Å². The number of nitrogens with zero attached hydrogens (tertiary/aromatic N) is 1. The molecule has 2 aromatic heterocycles. The maximum Gasteiger partial charge on any atom is 0.261 e. The van der Waals surface area contributed by atoms with Gasteiger partial charge in [0.05, 0.1) is 15.6 Å². The van der Waals surface area contributed by atoms with Crippen LogP contribution in [-0.4, -0.2) is 17.4 Å². The number of amides is 1. The van der Waals surface area contributed by atoms with Gasteiger partial charge >= 0.3 is 0 Å². The fourth-order valence-electron chi connectivity index (χ4n) is 1.48. The van der Waals surface area contributed by atoms with Gasteiger partial charge in [0.2, 0.25) is 0 Å². The van der Waals surface area contributed by atoms with Crippen molar-refractivity contribution in [1.82, 2.24) is 10.3 Å². The van der Waals surface area contributed by atoms with E-state index in [1.54, 1.807) is 11.3 Å². The van der Waals surface area contributed by atoms with E-state index in [1.165, 1.54) is 11.3 Å². The molecule has 0 fully saturated rings. The molecule has 0 bridgehead atoms. The molecular weight excluding hydrogens is 264 g/mol. The zero-order valence-corrected chi connectivity index (χ0v) is 12.1. The maximum atomic E-state index is 11.7. The number of hydrogen-bond donors (Lipinski definition) is 1. The van der Waals surface area contributed by atoms with Crippen molar-refractivity contribution in [1.29, 1.82) is 0 Å². The first-order valence-electron chi connectivity index (χ1n) is 5.93. The zero-order valence-electron chi connectivity index (χ0n) is 10.5. The lowest BCUT2D eigenvalue weighted by Crippen LogP contribution is -2.24. The second-order valence-electron chi connectivity index (χ2n) is 4.30. The number of nitrogens with one attached hydrogen (secondary N) is 1. The minimum absolute atomic E-state index is 0.00522. The molecule has 5 heteroatoms. The number of carbonyl (C=O) groups excluding carboxylic acids is 1. The molecule has 0 aliphatic carbocycles. The summed E-state index contributed by atoms with van der Waals surface area (Å²) in [6, 6.07) is 3.72. The van der Waals surface area contributed by atoms with E-state index in [0.29, 0.717) is 12.5 Å². The van der Waals surface area contributed by atoms with Crippen LogP contribution in [0, 0.1) is 0 Å². The number of thiophene rings is 1. The molecule has 0 spiro atoms. The first-order valence-corrected chi connectivity index (χ1v) is 7.68. The summed E-state index contributed by atoms with van der Waals surface area (Å²) < 4.78 is 0. The molecule has 0 aliphatic rings. The van der Waals surface area contributed by atoms with Crippen LogP contribution >= 0.6 is 22.7 Å². The molecule has 96 valence electrons. The highest BCUT2D eigenvalue weighted by Crippen LogP contribution is 2.17. The smallest absolute Gasteiger partial charge is 0.261 e. The van der Waals surface area contributed by atoms with Crippen LogP contribution in [-0.2, 0) is 6.42 Å². The Balaban J connectivity index is 1.79. The van der Waals surface area contributed by atoms with Crippen molar-refractivity contribution in [3.8, 4) is 0 Å². The van der Waals surface area contributed by atoms with Gasteiger partial charge in [-0.2, -0.15) is 0 Å². The topological polar surface area (TPSA) is 42.0 Å². The van der Waals surface area contributed by atoms with E-state index in [2.05, 4.69) is 29.5 Å². The van der Waals surface area contributed by atoms with Gasteiger partial charge < -0.3 is 5.32 Å². The highest BCUT2D eigenvalue weighted by Gasteiger charge is 2.08. The Kier molecular flexibility index (Phi) is 4.49. The average Bonchev–Trinajstić information content (AvgIpc) is 3.00. The van der Waals surface area contributed by atoms with E-state index in [1.807, 2.05) is 17.5 Å². The zero-order chi connectivity index (χ0) is 13.0. The van der Waals surface area contributed by atoms with Gasteiger partial charge in [-0.3, -0.25) is 4.79 Å². The monoisotopic (exact) mass is 280 g/mol. The normalized spacial score (nSPS) is 10.8. The third-order valence-corrected chi connectivity index (χ3v) is 4.33. The summed E-state index contributed by atoms with van der Waals surface area (Å²) in [6.45, 7) is 4.91. The Morgan fingerprint density at radius 2 is 2.28 bits per heavy atom. The number of hydrogen-bond acceptors (Lipinski definition) is 4. The van der Waals surface area contributed by atoms with Crippen molar-refractivity contribution in [3.63, 3.8) is 0 Å². The number of thiazole rings is 1. The van der Waals surface area contributed by atoms with Crippen LogP contribution in [0.5, 0.6) is 0 Å². The van der Waals surface area contributed by atoms with Crippen LogP contribution in [0.15, 0.2) is 22.9 Å². The van der Waals surface area contributed by atoms with Crippen molar-refractivity contribution >= 4 is 28.6 Å². The maximum absolute atomic E-state index is 11.7. The van der Waals surface area contributed by atoms with E-state index >= 15 is 0 Å². The minimum atomic E-state index is 0.00522. The van der Waals surface area contributed by atoms with Crippen molar-refractivity contribution in [2.75, 3.05) is 6.54 Å². The van der Waals surface area contributed by atoms with Crippen LogP contribution in [0.4, 0.5) is 0 Å². The summed E-state index contributed by atoms with van der Waals surface area (Å²) in [5.41, 5.74) is 1.14. The van der Waals surface area contributed by atoms with Gasteiger partial charge in [0.1, 0.15) is 0 Å². The highest BCUT2D eigenvalue weighted by molar-refractivity contribution is 7.12. The van der Waals surface area contributed by atoms with Crippen molar-refractivity contribution in [2.24, 2.45) is 0 Å². The van der Waals surface area contributed by atoms with E-state index in [0.717, 1.165) is 22.0 Å². The number of rotatable bonds is 5. The highest BCUT2D eigenvalue weighted by atomic mass is 32.1. The number of carbonyl (C=O) groups is 1. The molecule has 0 atom stereocenters. The standard InChI is InChI=1S/C13H16N2OS2/c1-9(2)10-8-18-12(15-10)5-6-14-13(16)11-4-3-7-17-11/h3-4,7-9H,5-6H2,1-2H3,(H,14,16). The molecule has 0 aromatic carbocycles. The van der Waals surface area contributed by atoms with Crippen molar-refractivity contribution in [2.45, 2.75) is 26.2 Å². The number of aromatic nitrogens is 1. The third kappa shape index (κ3) is 3.40. The largest absolute Gasteiger partial charge is 0.351 e. The minimum Gasteiger partial charge on any atom is -0.351 e. The molecule has 2 aromatic rings. The predicted octanol–water partition coefficient (Wildman–Crippen LogP) is 3.30. The molecule has 2 heterocycles. The fourth-order valence-corrected chi connectivity index (χ4v) is 3.08. The second kappa shape index (κ2) is 6.11. The van der Waals surface area contributed by atoms with Crippen LogP contribution in [0.2, 0.25) is 0 Å². The summed E-state index contributed by atoms with van der Waals surface area (Å²) in [4.78, 5) is 17.0. The van der Waals surface area contributed by atoms with Gasteiger partial charge in [0, 0.05) is 18.3 Å². The summed E-state index contributed by atoms with van der Waals surface area (Å²) >= 11 is 3.13. The van der Waals surface area contributed by atoms with E-state index in [9.17, 15) is 4.79 Å². The summed E-state index contributed by atoms with van der Waals surface area (Å²) in [5, 5.41) is 8.00. The Bertz CT molecular complexity index is 503. The summed E-state index contributed by atoms with van der Waals surface area (Å²) in [5.74, 6) is 0.473. The first-order chi connectivity index (χ1) is 8.66. The van der Waals surface area contributed by atoms with Gasteiger partial charge in [0.15, 0.2) is 0 Å². The average molecular weight is 280 g/mol. The van der Waals surface area contributed by atoms with Crippen LogP contribution in [0.3, 0.4) is 0 Å². The molecule has 0 unspecified atom stereocenters. The molecule has 0 aliphatic heterocycles. The third-order valence-electron chi connectivity index (χ3n) is 2.53. The lowest BCUT2D eigenvalue weighted by molar-refractivity contribution is 0.0958. The lowest BCUT2D eigenvalue weighted by atomic mass is 10.2. The van der Waals surface area contributed by atoms with Crippen LogP contribution in [0.1, 0.15) is 40.1 Å². The molecule has 3 nitrogen and oxygen atoms in total. The Morgan fingerprint density at radius 1 is 1.44 bits per heavy atom. The predicted molar refractivity (Wildman–Crippen MR) is 76.6 cm³/mol. The molecule has 0 radical (unpaired) electrons. The van der Waals surface area contributed by atoms with Gasteiger partial charge in [0.25, 0.3) is 5.91 Å². The quantitative estimate of drug-likeness (QED) is 0.913. The second-order valence-corrected chi connectivity index (χ2v) is 6.19. The van der Waals surface area contributed by atoms with Gasteiger partial charge in [-0.1, -0.05) is 19.9 Å². The van der Waals surface area contributed by atoms with Gasteiger partial charge in [-0.15, -0.1) is 22.7 Å². The lowest BCUT2D eigenvalue weighted by Gasteiger charge is -2.01. The molecule has 1 N–H and O–H groups in total. The SMILES string of the molecule is CC(C)c1csc(CCNC(=O)c2cccs2)n1. The molecule has 1 amide bonds. The van der Waals surface area contributed by atoms with Gasteiger partial charge in [-0.05, 0) is 17.4 Å². The van der Waals surface area contributed by atoms with Crippen molar-refractivity contribution in [3.05, 3.63) is 38.5 Å². The molecule has 0 saturated heterocycles. The van der Waals surface area contributed by atoms with Crippen LogP contribution in [0.25, 0.3) is 0 Å². The molecule has 2 rings (SSSR count). The van der Waals surface area contributed by atoms with Crippen LogP contribution < -0.4 is 5.32 Å². The van der Waals surface area contributed by atoms with E-state index in [4.69, 9.17) is 0 Å². The molecular formula is C13H16N2OS2. The van der Waals surface area contributed by atoms with E-state index in [-0.39, 0.29) is 5.91 Å². The Morgan fingerprint density at radius 3 is 2.89 bits per heavy atom. The Labute approximate surface area is 115 Å². The molecule has 0 saturated carbocycles. The van der Waals surface area contributed by atoms with Gasteiger partial charge in [-0.25, -0.2) is 4.98 Å². The summed E-state index contributed by atoms with van der Waals surface area (Å²) in [7, 11) is 0. The molecule has 18 heavy (non-hydrogen) atoms. The Hall–Kier alpha value is -1.20. The summed E-state index contributed by atoms with van der Waals surface area (Å²) in [6.07, 6.45) is 0.800. The fraction of sp³-hybridized carbons (Fsp3) is 0.385. The van der Waals surface area contributed by atoms with Crippen molar-refractivity contribution < 1.29 is 4.79 Å². The first kappa shape index (κ1) is 13.2.